The highest BCUT2D eigenvalue weighted by molar-refractivity contribution is 6.39. The van der Waals surface area contributed by atoms with Gasteiger partial charge in [0.1, 0.15) is 11.3 Å². The Bertz CT molecular complexity index is 908. The Hall–Kier alpha value is -3.35. The average molecular weight is 367 g/mol. The molecule has 2 heterocycles. The van der Waals surface area contributed by atoms with Gasteiger partial charge < -0.3 is 9.32 Å². The monoisotopic (exact) mass is 367 g/mol. The summed E-state index contributed by atoms with van der Waals surface area (Å²) in [5.41, 5.74) is 1.23. The highest BCUT2D eigenvalue weighted by atomic mass is 16.4. The minimum atomic E-state index is -0.769. The fraction of sp³-hybridized carbons (Fsp3) is 0.250. The number of carbonyl (C=O) groups excluding carboxylic acids is 3. The molecule has 1 aliphatic rings. The number of benzene rings is 1. The Kier molecular flexibility index (Phi) is 5.12. The topological polar surface area (TPSA) is 82.9 Å². The molecule has 1 aromatic heterocycles. The summed E-state index contributed by atoms with van der Waals surface area (Å²) in [6, 6.07) is 9.60. The molecule has 1 saturated heterocycles. The second-order valence-electron chi connectivity index (χ2n) is 6.14. The van der Waals surface area contributed by atoms with Gasteiger partial charge in [-0.3, -0.25) is 14.9 Å². The lowest BCUT2D eigenvalue weighted by atomic mass is 10.1. The number of nitrogens with zero attached hydrogens (tertiary/aromatic N) is 2. The Labute approximate surface area is 157 Å². The molecular formula is C20H21N3O4. The first-order valence-corrected chi connectivity index (χ1v) is 8.77. The normalized spacial score (nSPS) is 16.0. The van der Waals surface area contributed by atoms with Crippen LogP contribution in [0.5, 0.6) is 0 Å². The van der Waals surface area contributed by atoms with Crippen molar-refractivity contribution in [1.29, 1.82) is 0 Å². The molecule has 1 aliphatic heterocycles. The number of aryl methyl sites for hydroxylation is 1. The number of nitrogens with one attached hydrogen (secondary N) is 1. The van der Waals surface area contributed by atoms with Crippen molar-refractivity contribution in [1.82, 2.24) is 5.32 Å². The number of carbonyl (C=O) groups is 3. The summed E-state index contributed by atoms with van der Waals surface area (Å²) in [7, 11) is 0. The van der Waals surface area contributed by atoms with E-state index >= 15 is 0 Å². The minimum absolute atomic E-state index is 0.157. The number of imide groups is 2. The molecule has 0 bridgehead atoms. The van der Waals surface area contributed by atoms with Crippen LogP contribution in [0.3, 0.4) is 0 Å². The van der Waals surface area contributed by atoms with Crippen LogP contribution in [0.15, 0.2) is 46.4 Å². The van der Waals surface area contributed by atoms with Crippen LogP contribution in [0.4, 0.5) is 16.4 Å². The van der Waals surface area contributed by atoms with E-state index < -0.39 is 17.8 Å². The Morgan fingerprint density at radius 2 is 1.70 bits per heavy atom. The maximum Gasteiger partial charge on any atom is 0.335 e. The van der Waals surface area contributed by atoms with Crippen LogP contribution < -0.4 is 15.1 Å². The van der Waals surface area contributed by atoms with E-state index in [1.54, 1.807) is 36.4 Å². The van der Waals surface area contributed by atoms with E-state index in [0.717, 1.165) is 23.6 Å². The van der Waals surface area contributed by atoms with E-state index in [0.29, 0.717) is 17.3 Å². The molecule has 1 aromatic carbocycles. The zero-order chi connectivity index (χ0) is 19.6. The van der Waals surface area contributed by atoms with E-state index in [-0.39, 0.29) is 5.57 Å². The van der Waals surface area contributed by atoms with E-state index in [9.17, 15) is 14.4 Å². The largest absolute Gasteiger partial charge is 0.441 e. The fourth-order valence-electron chi connectivity index (χ4n) is 2.85. The van der Waals surface area contributed by atoms with Crippen molar-refractivity contribution in [2.75, 3.05) is 22.9 Å². The lowest BCUT2D eigenvalue weighted by Gasteiger charge is -2.26. The van der Waals surface area contributed by atoms with Gasteiger partial charge in [-0.25, -0.2) is 9.69 Å². The SMILES string of the molecule is CCN(CC)c1ccc(C=C2C(=O)NC(=O)N(c3ccc(C)cc3)C2=O)o1. The van der Waals surface area contributed by atoms with Crippen LogP contribution in [-0.2, 0) is 9.59 Å². The quantitative estimate of drug-likeness (QED) is 0.649. The highest BCUT2D eigenvalue weighted by Gasteiger charge is 2.37. The summed E-state index contributed by atoms with van der Waals surface area (Å²) in [6.45, 7) is 7.46. The number of rotatable bonds is 5. The number of barbiturate groups is 1. The molecule has 7 heteroatoms. The molecule has 0 spiro atoms. The molecule has 0 unspecified atom stereocenters. The number of furan rings is 1. The van der Waals surface area contributed by atoms with Crippen molar-refractivity contribution in [3.63, 3.8) is 0 Å². The smallest absolute Gasteiger partial charge is 0.335 e. The fourth-order valence-corrected chi connectivity index (χ4v) is 2.85. The Morgan fingerprint density at radius 1 is 1.04 bits per heavy atom. The molecule has 1 N–H and O–H groups in total. The molecular weight excluding hydrogens is 346 g/mol. The van der Waals surface area contributed by atoms with Crippen molar-refractivity contribution in [3.8, 4) is 0 Å². The third-order valence-corrected chi connectivity index (χ3v) is 4.37. The molecule has 27 heavy (non-hydrogen) atoms. The van der Waals surface area contributed by atoms with Crippen molar-refractivity contribution >= 4 is 35.5 Å². The van der Waals surface area contributed by atoms with Gasteiger partial charge in [0.25, 0.3) is 11.8 Å². The lowest BCUT2D eigenvalue weighted by Crippen LogP contribution is -2.54. The zero-order valence-corrected chi connectivity index (χ0v) is 15.5. The highest BCUT2D eigenvalue weighted by Crippen LogP contribution is 2.24. The van der Waals surface area contributed by atoms with Crippen LogP contribution in [-0.4, -0.2) is 30.9 Å². The number of amides is 4. The van der Waals surface area contributed by atoms with Gasteiger partial charge in [0.15, 0.2) is 5.88 Å². The predicted octanol–water partition coefficient (Wildman–Crippen LogP) is 3.10. The summed E-state index contributed by atoms with van der Waals surface area (Å²) in [6.07, 6.45) is 1.36. The van der Waals surface area contributed by atoms with Gasteiger partial charge in [0, 0.05) is 19.2 Å². The maximum absolute atomic E-state index is 12.8. The van der Waals surface area contributed by atoms with Crippen LogP contribution in [0.2, 0.25) is 0 Å². The summed E-state index contributed by atoms with van der Waals surface area (Å²) in [5, 5.41) is 2.20. The van der Waals surface area contributed by atoms with Gasteiger partial charge in [-0.15, -0.1) is 0 Å². The first-order chi connectivity index (χ1) is 12.9. The maximum atomic E-state index is 12.8. The molecule has 4 amide bonds. The Balaban J connectivity index is 1.93. The predicted molar refractivity (Wildman–Crippen MR) is 102 cm³/mol. The van der Waals surface area contributed by atoms with Gasteiger partial charge >= 0.3 is 6.03 Å². The molecule has 2 aromatic rings. The van der Waals surface area contributed by atoms with E-state index in [2.05, 4.69) is 5.32 Å². The third-order valence-electron chi connectivity index (χ3n) is 4.37. The lowest BCUT2D eigenvalue weighted by molar-refractivity contribution is -0.122. The number of anilines is 2. The van der Waals surface area contributed by atoms with Crippen LogP contribution >= 0.6 is 0 Å². The van der Waals surface area contributed by atoms with Gasteiger partial charge in [0.2, 0.25) is 0 Å². The first-order valence-electron chi connectivity index (χ1n) is 8.77. The van der Waals surface area contributed by atoms with Crippen LogP contribution in [0.25, 0.3) is 6.08 Å². The second kappa shape index (κ2) is 7.49. The molecule has 0 saturated carbocycles. The third kappa shape index (κ3) is 3.62. The summed E-state index contributed by atoms with van der Waals surface area (Å²) in [4.78, 5) is 40.2. The average Bonchev–Trinajstić information content (AvgIpc) is 3.10. The summed E-state index contributed by atoms with van der Waals surface area (Å²) < 4.78 is 5.72. The van der Waals surface area contributed by atoms with E-state index in [4.69, 9.17) is 4.42 Å². The molecule has 0 aliphatic carbocycles. The summed E-state index contributed by atoms with van der Waals surface area (Å²) >= 11 is 0. The zero-order valence-electron chi connectivity index (χ0n) is 15.5. The Morgan fingerprint density at radius 3 is 2.33 bits per heavy atom. The number of hydrogen-bond donors (Lipinski definition) is 1. The second-order valence-corrected chi connectivity index (χ2v) is 6.14. The molecule has 1 fully saturated rings. The molecule has 0 atom stereocenters. The van der Waals surface area contributed by atoms with Gasteiger partial charge in [0.05, 0.1) is 5.69 Å². The van der Waals surface area contributed by atoms with Crippen LogP contribution in [0, 0.1) is 6.92 Å². The summed E-state index contributed by atoms with van der Waals surface area (Å²) in [5.74, 6) is -0.405. The van der Waals surface area contributed by atoms with Gasteiger partial charge in [-0.1, -0.05) is 17.7 Å². The molecule has 3 rings (SSSR count). The van der Waals surface area contributed by atoms with E-state index in [1.807, 2.05) is 25.7 Å². The standard InChI is InChI=1S/C20H21N3O4/c1-4-22(5-2)17-11-10-15(27-17)12-16-18(24)21-20(26)23(19(16)25)14-8-6-13(3)7-9-14/h6-12H,4-5H2,1-3H3,(H,21,24,26). The molecule has 140 valence electrons. The number of urea groups is 1. The van der Waals surface area contributed by atoms with Gasteiger partial charge in [-0.2, -0.15) is 0 Å². The molecule has 0 radical (unpaired) electrons. The van der Waals surface area contributed by atoms with Gasteiger partial charge in [-0.05, 0) is 45.0 Å². The molecule has 7 nitrogen and oxygen atoms in total. The first kappa shape index (κ1) is 18.4. The van der Waals surface area contributed by atoms with E-state index in [1.165, 1.54) is 6.08 Å². The van der Waals surface area contributed by atoms with Crippen molar-refractivity contribution in [2.45, 2.75) is 20.8 Å². The van der Waals surface area contributed by atoms with Crippen molar-refractivity contribution in [3.05, 3.63) is 53.3 Å². The number of hydrogen-bond acceptors (Lipinski definition) is 5. The minimum Gasteiger partial charge on any atom is -0.441 e. The van der Waals surface area contributed by atoms with Crippen molar-refractivity contribution in [2.24, 2.45) is 0 Å². The van der Waals surface area contributed by atoms with Crippen LogP contribution in [0.1, 0.15) is 25.2 Å². The van der Waals surface area contributed by atoms with Crippen molar-refractivity contribution < 1.29 is 18.8 Å².